The molecule has 0 radical (unpaired) electrons. The van der Waals surface area contributed by atoms with E-state index in [9.17, 15) is 24.8 Å². The molecule has 2 heterocycles. The van der Waals surface area contributed by atoms with E-state index < -0.39 is 43.1 Å². The zero-order valence-corrected chi connectivity index (χ0v) is 18.5. The maximum absolute atomic E-state index is 15.1. The molecule has 5 atom stereocenters. The number of aromatic nitrogens is 1. The van der Waals surface area contributed by atoms with Gasteiger partial charge < -0.3 is 29.7 Å². The Balaban J connectivity index is 1.60. The first-order chi connectivity index (χ1) is 16.3. The first kappa shape index (κ1) is 23.2. The highest BCUT2D eigenvalue weighted by Crippen LogP contribution is 2.36. The lowest BCUT2D eigenvalue weighted by Crippen LogP contribution is -2.56. The van der Waals surface area contributed by atoms with Crippen LogP contribution in [0, 0.1) is 11.6 Å². The Morgan fingerprint density at radius 3 is 2.41 bits per heavy atom. The fourth-order valence-electron chi connectivity index (χ4n) is 4.64. The fraction of sp³-hybridized carbons (Fsp3) is 0.280. The van der Waals surface area contributed by atoms with E-state index in [-0.39, 0.29) is 16.2 Å². The van der Waals surface area contributed by atoms with Crippen molar-refractivity contribution in [2.75, 3.05) is 6.61 Å². The third-order valence-electron chi connectivity index (χ3n) is 6.33. The molecule has 3 aromatic carbocycles. The molecule has 1 aliphatic heterocycles. The predicted octanol–water partition coefficient (Wildman–Crippen LogP) is 3.29. The molecular formula is C25H22ClF2NO5. The van der Waals surface area contributed by atoms with E-state index in [4.69, 9.17) is 16.3 Å². The molecule has 6 nitrogen and oxygen atoms in total. The maximum atomic E-state index is 15.1. The van der Waals surface area contributed by atoms with Crippen LogP contribution in [0.4, 0.5) is 8.78 Å². The Kier molecular flexibility index (Phi) is 6.05. The molecule has 178 valence electrons. The molecule has 0 saturated carbocycles. The quantitative estimate of drug-likeness (QED) is 0.353. The van der Waals surface area contributed by atoms with Gasteiger partial charge in [-0.2, -0.15) is 0 Å². The van der Waals surface area contributed by atoms with E-state index >= 15 is 4.39 Å². The summed E-state index contributed by atoms with van der Waals surface area (Å²) in [5.41, 5.74) is 1.75. The second-order valence-electron chi connectivity index (χ2n) is 8.57. The summed E-state index contributed by atoms with van der Waals surface area (Å²) >= 11 is 6.11. The monoisotopic (exact) mass is 489 g/mol. The number of ether oxygens (including phenoxy) is 1. The van der Waals surface area contributed by atoms with Crippen LogP contribution in [0.2, 0.25) is 5.02 Å². The number of hydrogen-bond donors (Lipinski definition) is 4. The molecule has 0 spiro atoms. The van der Waals surface area contributed by atoms with Crippen molar-refractivity contribution in [1.82, 2.24) is 4.57 Å². The average molecular weight is 490 g/mol. The van der Waals surface area contributed by atoms with Gasteiger partial charge in [0, 0.05) is 16.6 Å². The first-order valence-corrected chi connectivity index (χ1v) is 11.1. The molecular weight excluding hydrogens is 468 g/mol. The lowest BCUT2D eigenvalue weighted by molar-refractivity contribution is -0.250. The van der Waals surface area contributed by atoms with Crippen molar-refractivity contribution in [1.29, 1.82) is 0 Å². The number of fused-ring (bicyclic) bond motifs is 2. The predicted molar refractivity (Wildman–Crippen MR) is 123 cm³/mol. The van der Waals surface area contributed by atoms with E-state index in [1.807, 2.05) is 12.1 Å². The minimum atomic E-state index is -1.58. The lowest BCUT2D eigenvalue weighted by atomic mass is 9.98. The Bertz CT molecular complexity index is 1370. The normalized spacial score (nSPS) is 25.3. The molecule has 1 saturated heterocycles. The lowest BCUT2D eigenvalue weighted by Gasteiger charge is -2.40. The minimum Gasteiger partial charge on any atom is -0.394 e. The summed E-state index contributed by atoms with van der Waals surface area (Å²) in [7, 11) is 0. The molecule has 0 unspecified atom stereocenters. The molecule has 0 bridgehead atoms. The van der Waals surface area contributed by atoms with Crippen LogP contribution < -0.4 is 0 Å². The van der Waals surface area contributed by atoms with Crippen LogP contribution in [-0.2, 0) is 11.2 Å². The van der Waals surface area contributed by atoms with Gasteiger partial charge in [-0.15, -0.1) is 0 Å². The summed E-state index contributed by atoms with van der Waals surface area (Å²) in [4.78, 5) is 0. The number of benzene rings is 3. The van der Waals surface area contributed by atoms with Gasteiger partial charge in [0.1, 0.15) is 36.1 Å². The summed E-state index contributed by atoms with van der Waals surface area (Å²) in [6.45, 7) is -0.583. The van der Waals surface area contributed by atoms with Crippen molar-refractivity contribution in [3.8, 4) is 0 Å². The Morgan fingerprint density at radius 2 is 1.65 bits per heavy atom. The van der Waals surface area contributed by atoms with E-state index in [1.54, 1.807) is 18.3 Å². The summed E-state index contributed by atoms with van der Waals surface area (Å²) in [5.74, 6) is -0.898. The Labute approximate surface area is 198 Å². The smallest absolute Gasteiger partial charge is 0.163 e. The van der Waals surface area contributed by atoms with Crippen molar-refractivity contribution in [3.63, 3.8) is 0 Å². The van der Waals surface area contributed by atoms with E-state index in [1.165, 1.54) is 28.8 Å². The number of aliphatic hydroxyl groups excluding tert-OH is 4. The summed E-state index contributed by atoms with van der Waals surface area (Å²) in [5, 5.41) is 42.5. The van der Waals surface area contributed by atoms with Crippen LogP contribution in [0.5, 0.6) is 0 Å². The second kappa shape index (κ2) is 8.88. The average Bonchev–Trinajstić information content (AvgIpc) is 3.15. The van der Waals surface area contributed by atoms with Gasteiger partial charge in [0.05, 0.1) is 12.1 Å². The zero-order valence-electron chi connectivity index (χ0n) is 17.8. The minimum absolute atomic E-state index is 0.133. The van der Waals surface area contributed by atoms with Crippen molar-refractivity contribution in [3.05, 3.63) is 82.5 Å². The van der Waals surface area contributed by atoms with Gasteiger partial charge in [0.2, 0.25) is 0 Å². The molecule has 1 aromatic heterocycles. The van der Waals surface area contributed by atoms with Gasteiger partial charge in [-0.3, -0.25) is 0 Å². The SMILES string of the molecule is OC[C@H]1O[C@@H](n2cc(Cc3ccc4cc(F)ccc4c3)c3c(F)cc(Cl)cc32)[C@H](O)[C@@H](O)[C@@H]1O. The third-order valence-corrected chi connectivity index (χ3v) is 6.55. The maximum Gasteiger partial charge on any atom is 0.163 e. The topological polar surface area (TPSA) is 95.1 Å². The number of nitrogens with zero attached hydrogens (tertiary/aromatic N) is 1. The van der Waals surface area contributed by atoms with E-state index in [0.29, 0.717) is 17.5 Å². The summed E-state index contributed by atoms with van der Waals surface area (Å²) < 4.78 is 35.8. The molecule has 34 heavy (non-hydrogen) atoms. The van der Waals surface area contributed by atoms with Gasteiger partial charge in [-0.25, -0.2) is 8.78 Å². The van der Waals surface area contributed by atoms with Crippen LogP contribution in [0.1, 0.15) is 17.4 Å². The van der Waals surface area contributed by atoms with Crippen LogP contribution in [0.3, 0.4) is 0 Å². The molecule has 9 heteroatoms. The van der Waals surface area contributed by atoms with E-state index in [0.717, 1.165) is 16.3 Å². The molecule has 4 N–H and O–H groups in total. The third kappa shape index (κ3) is 3.96. The standard InChI is InChI=1S/C25H22ClF2NO5/c26-16-8-18(28)21-15(6-12-1-2-14-7-17(27)4-3-13(14)5-12)10-29(19(21)9-16)25-24(33)23(32)22(31)20(11-30)34-25/h1-5,7-10,20,22-25,30-33H,6,11H2/t20-,22-,23+,24-,25-/m1/s1. The van der Waals surface area contributed by atoms with Crippen LogP contribution in [0.15, 0.2) is 54.7 Å². The number of halogens is 3. The summed E-state index contributed by atoms with van der Waals surface area (Å²) in [6.07, 6.45) is -5.04. The van der Waals surface area contributed by atoms with Crippen molar-refractivity contribution in [2.24, 2.45) is 0 Å². The van der Waals surface area contributed by atoms with Crippen molar-refractivity contribution in [2.45, 2.75) is 37.1 Å². The van der Waals surface area contributed by atoms with Crippen LogP contribution in [0.25, 0.3) is 21.7 Å². The zero-order chi connectivity index (χ0) is 24.1. The van der Waals surface area contributed by atoms with Crippen LogP contribution >= 0.6 is 11.6 Å². The van der Waals surface area contributed by atoms with Gasteiger partial charge >= 0.3 is 0 Å². The molecule has 4 aromatic rings. The van der Waals surface area contributed by atoms with Crippen molar-refractivity contribution >= 4 is 33.3 Å². The highest BCUT2D eigenvalue weighted by atomic mass is 35.5. The van der Waals surface area contributed by atoms with Crippen LogP contribution in [-0.4, -0.2) is 56.0 Å². The Morgan fingerprint density at radius 1 is 0.912 bits per heavy atom. The largest absolute Gasteiger partial charge is 0.394 e. The Hall–Kier alpha value is -2.59. The number of rotatable bonds is 4. The molecule has 5 rings (SSSR count). The molecule has 0 aliphatic carbocycles. The molecule has 0 amide bonds. The highest BCUT2D eigenvalue weighted by molar-refractivity contribution is 6.31. The van der Waals surface area contributed by atoms with E-state index in [2.05, 4.69) is 0 Å². The summed E-state index contributed by atoms with van der Waals surface area (Å²) in [6, 6.07) is 12.7. The van der Waals surface area contributed by atoms with Crippen molar-refractivity contribution < 1.29 is 33.9 Å². The van der Waals surface area contributed by atoms with Gasteiger partial charge in [-0.1, -0.05) is 35.9 Å². The van der Waals surface area contributed by atoms with Gasteiger partial charge in [-0.05, 0) is 52.6 Å². The van der Waals surface area contributed by atoms with Gasteiger partial charge in [0.25, 0.3) is 0 Å². The first-order valence-electron chi connectivity index (χ1n) is 10.7. The molecule has 1 fully saturated rings. The van der Waals surface area contributed by atoms with Gasteiger partial charge in [0.15, 0.2) is 6.23 Å². The fourth-order valence-corrected chi connectivity index (χ4v) is 4.84. The number of aliphatic hydroxyl groups is 4. The second-order valence-corrected chi connectivity index (χ2v) is 9.00. The number of hydrogen-bond acceptors (Lipinski definition) is 5. The molecule has 1 aliphatic rings. The highest BCUT2D eigenvalue weighted by Gasteiger charge is 2.44.